The molecule has 19 nitrogen and oxygen atoms in total. The molecule has 7 fully saturated rings. The Balaban J connectivity index is -0.000000251. The van der Waals surface area contributed by atoms with Crippen molar-refractivity contribution in [3.63, 3.8) is 0 Å². The van der Waals surface area contributed by atoms with Crippen molar-refractivity contribution >= 4 is 17.9 Å². The quantitative estimate of drug-likeness (QED) is 0.0373. The molecule has 0 spiro atoms. The van der Waals surface area contributed by atoms with Crippen molar-refractivity contribution in [3.05, 3.63) is 74.8 Å². The maximum Gasteiger partial charge on any atom is 0.422 e. The van der Waals surface area contributed by atoms with E-state index in [1.807, 2.05) is 19.9 Å². The molecule has 0 amide bonds. The number of alkyl halides is 3. The van der Waals surface area contributed by atoms with E-state index in [1.54, 1.807) is 69.0 Å². The Morgan fingerprint density at radius 3 is 1.33 bits per heavy atom. The molecule has 0 bridgehead atoms. The van der Waals surface area contributed by atoms with Crippen LogP contribution in [0.5, 0.6) is 0 Å². The van der Waals surface area contributed by atoms with Crippen LogP contribution in [0.2, 0.25) is 0 Å². The predicted molar refractivity (Wildman–Crippen MR) is 294 cm³/mol. The first-order valence-corrected chi connectivity index (χ1v) is 24.9. The number of hydrogen-bond acceptors (Lipinski definition) is 19. The van der Waals surface area contributed by atoms with Crippen molar-refractivity contribution in [1.29, 1.82) is 0 Å². The molecule has 7 unspecified atom stereocenters. The summed E-state index contributed by atoms with van der Waals surface area (Å²) in [6.07, 6.45) is 9.51. The summed E-state index contributed by atoms with van der Waals surface area (Å²) in [5, 5.41) is 0. The van der Waals surface area contributed by atoms with Crippen LogP contribution in [0.1, 0.15) is 74.7 Å². The molecule has 0 aromatic heterocycles. The molecule has 6 aliphatic heterocycles. The van der Waals surface area contributed by atoms with E-state index in [0.717, 1.165) is 78.6 Å². The highest BCUT2D eigenvalue weighted by Crippen LogP contribution is 2.39. The summed E-state index contributed by atoms with van der Waals surface area (Å²) in [7, 11) is 15.2. The van der Waals surface area contributed by atoms with Gasteiger partial charge < -0.3 is 75.8 Å². The molecule has 0 aromatic carbocycles. The van der Waals surface area contributed by atoms with Gasteiger partial charge in [0.05, 0.1) is 138 Å². The van der Waals surface area contributed by atoms with E-state index in [2.05, 4.69) is 95.9 Å². The zero-order chi connectivity index (χ0) is 61.4. The van der Waals surface area contributed by atoms with Crippen LogP contribution in [-0.2, 0) is 90.2 Å². The fourth-order valence-electron chi connectivity index (χ4n) is 4.89. The predicted octanol–water partition coefficient (Wildman–Crippen LogP) is 9.03. The second-order valence-electron chi connectivity index (χ2n) is 18.5. The average molecular weight is 1140 g/mol. The number of allylic oxidation sites excluding steroid dienone is 1. The molecule has 6 heterocycles. The van der Waals surface area contributed by atoms with Crippen LogP contribution in [0.3, 0.4) is 0 Å². The molecule has 78 heavy (non-hydrogen) atoms. The fourth-order valence-corrected chi connectivity index (χ4v) is 4.89. The van der Waals surface area contributed by atoms with Gasteiger partial charge >= 0.3 is 24.1 Å². The summed E-state index contributed by atoms with van der Waals surface area (Å²) in [4.78, 5) is 30.1. The average Bonchev–Trinajstić information content (AvgIpc) is 4.09. The van der Waals surface area contributed by atoms with E-state index >= 15 is 0 Å². The molecule has 7 rings (SSSR count). The molecule has 6 saturated heterocycles. The van der Waals surface area contributed by atoms with Gasteiger partial charge in [-0.2, -0.15) is 13.2 Å². The molecule has 1 saturated carbocycles. The van der Waals surface area contributed by atoms with Gasteiger partial charge in [0.2, 0.25) is 0 Å². The maximum absolute atomic E-state index is 11.5. The third-order valence-electron chi connectivity index (χ3n) is 10.1. The van der Waals surface area contributed by atoms with Crippen LogP contribution in [0.25, 0.3) is 0 Å². The zero-order valence-electron chi connectivity index (χ0n) is 50.5. The number of halogens is 3. The smallest absolute Gasteiger partial charge is 0.422 e. The van der Waals surface area contributed by atoms with Gasteiger partial charge in [0.15, 0.2) is 0 Å². The third kappa shape index (κ3) is 56.5. The van der Waals surface area contributed by atoms with Crippen molar-refractivity contribution in [3.8, 4) is 0 Å². The number of ether oxygens (including phenoxy) is 16. The molecule has 0 N–H and O–H groups in total. The first kappa shape index (κ1) is 82.6. The molecule has 22 heteroatoms. The third-order valence-corrected chi connectivity index (χ3v) is 10.1. The van der Waals surface area contributed by atoms with E-state index in [-0.39, 0.29) is 17.2 Å². The lowest BCUT2D eigenvalue weighted by atomic mass is 9.90. The number of hydrogen-bond donors (Lipinski definition) is 0. The Labute approximate surface area is 465 Å². The lowest BCUT2D eigenvalue weighted by molar-refractivity contribution is -0.148. The van der Waals surface area contributed by atoms with Gasteiger partial charge in [0.25, 0.3) is 0 Å². The van der Waals surface area contributed by atoms with Crippen LogP contribution < -0.4 is 0 Å². The number of rotatable bonds is 15. The molecule has 0 radical (unpaired) electrons. The fraction of sp³-hybridized carbons (Fsp3) is 0.732. The SMILES string of the molecule is C/C=C/OC.C=C(C(=O)OC)C(F)(F)F.C=C(C)C(=O)OC.C=CC(=O)OC.C=CCOC.C=COC.CC1CO1.CC1OC1(C)C.COCC1(C)CO1.COCC1(C)COC1.COCC1CCC2OC2C1.COCC1CO1. The summed E-state index contributed by atoms with van der Waals surface area (Å²) in [6, 6.07) is 0. The standard InChI is InChI=1S/C8H14O2.C6H12O2.C5H5F3O2.C5H10O2.C5H8O2.C5H10O.C4H8O2.C4H6O2.2C4H8O.2C3H6O/c1-9-5-6-2-3-7-8(4-6)10-7;1-6(3-7-2)4-8-5-6;1-3(4(9)10-2)5(6,7)8;1-5(3-6-2)4-7-5;1-4(2)5(6)7-3;1-4-5(2,3)6-4;1-5-2-4-3-6-4;1-3-4(5)6-2;2*1-3-4-5-2;1-3-2-4-3;1-3-4-2/h6-8H,2-5H2,1H3;3-5H2,1-2H3;1H2,2H3;3-4H2,1-2H3;1H2,2-3H3;4H,1-3H3;4H,2-3H2,1H3;3H,1H2,2H3;3-4H,1-2H3;3H,1,4H2,2H3;3H,2H2,1H3;3H,1H2,2H3/b;;;;;;;;4-3+;;;. The number of epoxide rings is 5. The maximum atomic E-state index is 11.5. The van der Waals surface area contributed by atoms with E-state index in [1.165, 1.54) is 39.7 Å². The van der Waals surface area contributed by atoms with Crippen molar-refractivity contribution in [2.45, 2.75) is 123 Å². The lowest BCUT2D eigenvalue weighted by Gasteiger charge is -2.37. The van der Waals surface area contributed by atoms with E-state index < -0.39 is 23.7 Å². The van der Waals surface area contributed by atoms with Crippen molar-refractivity contribution in [1.82, 2.24) is 0 Å². The summed E-state index contributed by atoms with van der Waals surface area (Å²) in [5.41, 5.74) is -0.443. The Kier molecular flexibility index (Phi) is 52.8. The highest BCUT2D eigenvalue weighted by atomic mass is 19.4. The van der Waals surface area contributed by atoms with Crippen LogP contribution in [0, 0.1) is 11.3 Å². The van der Waals surface area contributed by atoms with Crippen molar-refractivity contribution in [2.24, 2.45) is 11.3 Å². The summed E-state index contributed by atoms with van der Waals surface area (Å²) >= 11 is 0. The Morgan fingerprint density at radius 1 is 0.705 bits per heavy atom. The first-order chi connectivity index (χ1) is 36.5. The molecule has 1 aliphatic carbocycles. The second-order valence-corrected chi connectivity index (χ2v) is 18.5. The van der Waals surface area contributed by atoms with E-state index in [9.17, 15) is 27.6 Å². The summed E-state index contributed by atoms with van der Waals surface area (Å²) < 4.78 is 110. The highest BCUT2D eigenvalue weighted by molar-refractivity contribution is 5.89. The molecule has 7 aliphatic rings. The second kappa shape index (κ2) is 49.8. The van der Waals surface area contributed by atoms with E-state index in [0.29, 0.717) is 48.1 Å². The minimum absolute atomic E-state index is 0.0781. The largest absolute Gasteiger partial charge is 0.505 e. The van der Waals surface area contributed by atoms with E-state index in [4.69, 9.17) is 47.4 Å². The normalized spacial score (nSPS) is 23.1. The minimum atomic E-state index is -4.69. The topological polar surface area (TPSA) is 215 Å². The Morgan fingerprint density at radius 2 is 1.19 bits per heavy atom. The van der Waals surface area contributed by atoms with Crippen LogP contribution in [0.4, 0.5) is 13.2 Å². The molecule has 0 aromatic rings. The molecular formula is C56H101F3O19. The van der Waals surface area contributed by atoms with Gasteiger partial charge in [-0.15, -0.1) is 6.58 Å². The van der Waals surface area contributed by atoms with Crippen LogP contribution >= 0.6 is 0 Å². The first-order valence-electron chi connectivity index (χ1n) is 24.9. The number of carbonyl (C=O) groups excluding carboxylic acids is 3. The monoisotopic (exact) mass is 1130 g/mol. The summed E-state index contributed by atoms with van der Waals surface area (Å²) in [5.74, 6) is -1.42. The van der Waals surface area contributed by atoms with Gasteiger partial charge in [-0.05, 0) is 73.6 Å². The van der Waals surface area contributed by atoms with Gasteiger partial charge in [0.1, 0.15) is 17.3 Å². The highest BCUT2D eigenvalue weighted by Gasteiger charge is 2.44. The molecule has 7 atom stereocenters. The number of methoxy groups -OCH3 is 10. The zero-order valence-corrected chi connectivity index (χ0v) is 50.5. The summed E-state index contributed by atoms with van der Waals surface area (Å²) in [6.45, 7) is 40.1. The van der Waals surface area contributed by atoms with Gasteiger partial charge in [0, 0.05) is 59.2 Å². The van der Waals surface area contributed by atoms with Crippen molar-refractivity contribution in [2.75, 3.05) is 137 Å². The van der Waals surface area contributed by atoms with Crippen LogP contribution in [0.15, 0.2) is 74.8 Å². The van der Waals surface area contributed by atoms with Gasteiger partial charge in [-0.1, -0.05) is 45.4 Å². The number of esters is 3. The minimum Gasteiger partial charge on any atom is -0.505 e. The molecular weight excluding hydrogens is 1030 g/mol. The Bertz CT molecular complexity index is 1590. The number of carbonyl (C=O) groups is 3. The van der Waals surface area contributed by atoms with Crippen LogP contribution in [-0.4, -0.2) is 203 Å². The van der Waals surface area contributed by atoms with Crippen molar-refractivity contribution < 1.29 is 103 Å². The van der Waals surface area contributed by atoms with Gasteiger partial charge in [-0.3, -0.25) is 0 Å². The number of fused-ring (bicyclic) bond motifs is 1. The molecule has 460 valence electrons. The lowest BCUT2D eigenvalue weighted by Crippen LogP contribution is -2.43. The Hall–Kier alpha value is -4.20. The van der Waals surface area contributed by atoms with Gasteiger partial charge in [-0.25, -0.2) is 14.4 Å².